The van der Waals surface area contributed by atoms with E-state index in [9.17, 15) is 10.2 Å². The van der Waals surface area contributed by atoms with Crippen molar-refractivity contribution in [1.29, 1.82) is 0 Å². The Morgan fingerprint density at radius 3 is 2.60 bits per heavy atom. The standard InChI is InChI=1S/C9H15NO4S/c11-2-4-1-5-7(9(14)8(4)13)10-6(3-12)15-5/h4-5,7-9,11-14H,1-3H2/t4-,5+,7+,8-,9-/m1/s1. The first-order valence-corrected chi connectivity index (χ1v) is 5.86. The summed E-state index contributed by atoms with van der Waals surface area (Å²) in [5, 5.41) is 38.2. The van der Waals surface area contributed by atoms with Gasteiger partial charge in [0.15, 0.2) is 0 Å². The quantitative estimate of drug-likeness (QED) is 0.470. The Labute approximate surface area is 91.8 Å². The van der Waals surface area contributed by atoms with Crippen molar-refractivity contribution < 1.29 is 20.4 Å². The minimum atomic E-state index is -0.933. The Kier molecular flexibility index (Phi) is 3.32. The summed E-state index contributed by atoms with van der Waals surface area (Å²) in [6.45, 7) is -0.249. The van der Waals surface area contributed by atoms with Gasteiger partial charge < -0.3 is 20.4 Å². The van der Waals surface area contributed by atoms with E-state index in [0.29, 0.717) is 11.5 Å². The van der Waals surface area contributed by atoms with Gasteiger partial charge >= 0.3 is 0 Å². The zero-order chi connectivity index (χ0) is 11.0. The maximum atomic E-state index is 9.80. The number of fused-ring (bicyclic) bond motifs is 1. The van der Waals surface area contributed by atoms with Gasteiger partial charge in [0.1, 0.15) is 6.10 Å². The van der Waals surface area contributed by atoms with Crippen LogP contribution in [0.25, 0.3) is 0 Å². The normalized spacial score (nSPS) is 45.1. The highest BCUT2D eigenvalue weighted by Gasteiger charge is 2.46. The van der Waals surface area contributed by atoms with Gasteiger partial charge in [-0.2, -0.15) is 0 Å². The van der Waals surface area contributed by atoms with E-state index in [-0.39, 0.29) is 30.4 Å². The summed E-state index contributed by atoms with van der Waals surface area (Å²) >= 11 is 1.44. The molecular formula is C9H15NO4S. The van der Waals surface area contributed by atoms with Crippen molar-refractivity contribution in [2.24, 2.45) is 10.9 Å². The Morgan fingerprint density at radius 2 is 2.00 bits per heavy atom. The fraction of sp³-hybridized carbons (Fsp3) is 0.889. The Bertz CT molecular complexity index is 273. The SMILES string of the molecule is OCC1=N[C@@H]2[C@@H](O)[C@H](O)[C@@H](CO)C[C@@H]2S1. The number of aliphatic hydroxyl groups is 4. The molecular weight excluding hydrogens is 218 g/mol. The van der Waals surface area contributed by atoms with Crippen molar-refractivity contribution in [1.82, 2.24) is 0 Å². The smallest absolute Gasteiger partial charge is 0.104 e. The van der Waals surface area contributed by atoms with Crippen molar-refractivity contribution in [3.63, 3.8) is 0 Å². The largest absolute Gasteiger partial charge is 0.396 e. The third-order valence-corrected chi connectivity index (χ3v) is 4.33. The number of aliphatic hydroxyl groups excluding tert-OH is 4. The summed E-state index contributed by atoms with van der Waals surface area (Å²) in [5.74, 6) is -0.290. The van der Waals surface area contributed by atoms with E-state index in [4.69, 9.17) is 10.2 Å². The van der Waals surface area contributed by atoms with Crippen LogP contribution in [-0.4, -0.2) is 62.2 Å². The molecule has 86 valence electrons. The van der Waals surface area contributed by atoms with Crippen LogP contribution in [0.3, 0.4) is 0 Å². The molecule has 1 heterocycles. The average Bonchev–Trinajstić information content (AvgIpc) is 2.66. The topological polar surface area (TPSA) is 93.3 Å². The van der Waals surface area contributed by atoms with Gasteiger partial charge in [-0.1, -0.05) is 0 Å². The van der Waals surface area contributed by atoms with Crippen LogP contribution in [0.2, 0.25) is 0 Å². The molecule has 1 saturated carbocycles. The van der Waals surface area contributed by atoms with Crippen molar-refractivity contribution in [2.45, 2.75) is 29.9 Å². The number of hydrogen-bond acceptors (Lipinski definition) is 6. The molecule has 0 aromatic carbocycles. The molecule has 0 aromatic heterocycles. The molecule has 1 aliphatic heterocycles. The lowest BCUT2D eigenvalue weighted by Crippen LogP contribution is -2.51. The molecule has 5 nitrogen and oxygen atoms in total. The van der Waals surface area contributed by atoms with Gasteiger partial charge in [0.25, 0.3) is 0 Å². The highest BCUT2D eigenvalue weighted by Crippen LogP contribution is 2.39. The lowest BCUT2D eigenvalue weighted by atomic mass is 9.81. The van der Waals surface area contributed by atoms with Crippen LogP contribution in [0.1, 0.15) is 6.42 Å². The molecule has 5 atom stereocenters. The monoisotopic (exact) mass is 233 g/mol. The molecule has 0 bridgehead atoms. The summed E-state index contributed by atoms with van der Waals surface area (Å²) in [5.41, 5.74) is 0. The molecule has 4 N–H and O–H groups in total. The number of nitrogens with zero attached hydrogens (tertiary/aromatic N) is 1. The second-order valence-corrected chi connectivity index (χ2v) is 5.30. The molecule has 0 unspecified atom stereocenters. The van der Waals surface area contributed by atoms with Crippen molar-refractivity contribution in [2.75, 3.05) is 13.2 Å². The average molecular weight is 233 g/mol. The van der Waals surface area contributed by atoms with Crippen LogP contribution in [-0.2, 0) is 0 Å². The van der Waals surface area contributed by atoms with E-state index in [1.165, 1.54) is 11.8 Å². The van der Waals surface area contributed by atoms with E-state index < -0.39 is 12.2 Å². The molecule has 0 amide bonds. The molecule has 1 fully saturated rings. The van der Waals surface area contributed by atoms with Crippen LogP contribution in [0.15, 0.2) is 4.99 Å². The van der Waals surface area contributed by atoms with Crippen molar-refractivity contribution in [3.05, 3.63) is 0 Å². The predicted molar refractivity (Wildman–Crippen MR) is 56.9 cm³/mol. The van der Waals surface area contributed by atoms with E-state index in [2.05, 4.69) is 4.99 Å². The minimum absolute atomic E-state index is 0.0719. The highest BCUT2D eigenvalue weighted by atomic mass is 32.2. The predicted octanol–water partition coefficient (Wildman–Crippen LogP) is -1.40. The molecule has 0 radical (unpaired) electrons. The number of hydrogen-bond donors (Lipinski definition) is 4. The fourth-order valence-electron chi connectivity index (χ4n) is 2.19. The molecule has 0 aromatic rings. The second kappa shape index (κ2) is 4.39. The van der Waals surface area contributed by atoms with Crippen molar-refractivity contribution >= 4 is 16.8 Å². The lowest BCUT2D eigenvalue weighted by Gasteiger charge is -2.37. The summed E-state index contributed by atoms with van der Waals surface area (Å²) in [7, 11) is 0. The van der Waals surface area contributed by atoms with Crippen LogP contribution in [0.5, 0.6) is 0 Å². The third-order valence-electron chi connectivity index (χ3n) is 3.05. The van der Waals surface area contributed by atoms with Crippen LogP contribution < -0.4 is 0 Å². The Morgan fingerprint density at radius 1 is 1.27 bits per heavy atom. The summed E-state index contributed by atoms with van der Waals surface area (Å²) < 4.78 is 0. The van der Waals surface area contributed by atoms with Gasteiger partial charge in [0.2, 0.25) is 0 Å². The first kappa shape index (κ1) is 11.3. The molecule has 1 aliphatic carbocycles. The van der Waals surface area contributed by atoms with Gasteiger partial charge in [-0.25, -0.2) is 0 Å². The zero-order valence-electron chi connectivity index (χ0n) is 8.15. The van der Waals surface area contributed by atoms with Gasteiger partial charge in [0.05, 0.1) is 23.8 Å². The van der Waals surface area contributed by atoms with Crippen LogP contribution >= 0.6 is 11.8 Å². The summed E-state index contributed by atoms with van der Waals surface area (Å²) in [6.07, 6.45) is -1.23. The maximum absolute atomic E-state index is 9.80. The summed E-state index contributed by atoms with van der Waals surface area (Å²) in [4.78, 5) is 4.17. The molecule has 2 rings (SSSR count). The van der Waals surface area contributed by atoms with Gasteiger partial charge in [-0.3, -0.25) is 4.99 Å². The zero-order valence-corrected chi connectivity index (χ0v) is 8.97. The van der Waals surface area contributed by atoms with Gasteiger partial charge in [0, 0.05) is 17.8 Å². The molecule has 0 spiro atoms. The molecule has 6 heteroatoms. The third kappa shape index (κ3) is 1.92. The van der Waals surface area contributed by atoms with Gasteiger partial charge in [-0.05, 0) is 6.42 Å². The van der Waals surface area contributed by atoms with E-state index in [1.807, 2.05) is 0 Å². The summed E-state index contributed by atoms with van der Waals surface area (Å²) in [6, 6.07) is -0.338. The van der Waals surface area contributed by atoms with Crippen molar-refractivity contribution in [3.8, 4) is 0 Å². The number of thioether (sulfide) groups is 1. The first-order valence-electron chi connectivity index (χ1n) is 4.98. The first-order chi connectivity index (χ1) is 7.17. The Hall–Kier alpha value is -0.140. The molecule has 0 saturated heterocycles. The van der Waals surface area contributed by atoms with Gasteiger partial charge in [-0.15, -0.1) is 11.8 Å². The van der Waals surface area contributed by atoms with Crippen LogP contribution in [0.4, 0.5) is 0 Å². The second-order valence-electron chi connectivity index (χ2n) is 3.99. The Balaban J connectivity index is 2.12. The number of rotatable bonds is 2. The highest BCUT2D eigenvalue weighted by molar-refractivity contribution is 8.14. The fourth-order valence-corrected chi connectivity index (χ4v) is 3.50. The molecule has 2 aliphatic rings. The van der Waals surface area contributed by atoms with E-state index >= 15 is 0 Å². The maximum Gasteiger partial charge on any atom is 0.104 e. The van der Waals surface area contributed by atoms with Crippen LogP contribution in [0, 0.1) is 5.92 Å². The van der Waals surface area contributed by atoms with E-state index in [1.54, 1.807) is 0 Å². The lowest BCUT2D eigenvalue weighted by molar-refractivity contribution is -0.0646. The molecule has 15 heavy (non-hydrogen) atoms. The van der Waals surface area contributed by atoms with E-state index in [0.717, 1.165) is 0 Å². The number of aliphatic imine (C=N–C) groups is 1. The minimum Gasteiger partial charge on any atom is -0.396 e.